The van der Waals surface area contributed by atoms with Crippen LogP contribution in [0.2, 0.25) is 5.02 Å². The molecule has 1 atom stereocenters. The van der Waals surface area contributed by atoms with Crippen LogP contribution in [0.4, 0.5) is 0 Å². The van der Waals surface area contributed by atoms with Crippen molar-refractivity contribution in [2.75, 3.05) is 13.2 Å². The molecule has 0 bridgehead atoms. The van der Waals surface area contributed by atoms with Gasteiger partial charge in [-0.3, -0.25) is 0 Å². The summed E-state index contributed by atoms with van der Waals surface area (Å²) in [5, 5.41) is 4.03. The fourth-order valence-electron chi connectivity index (χ4n) is 1.86. The highest BCUT2D eigenvalue weighted by molar-refractivity contribution is 6.32. The number of hydrogen-bond donors (Lipinski definition) is 1. The van der Waals surface area contributed by atoms with Crippen molar-refractivity contribution < 1.29 is 9.47 Å². The van der Waals surface area contributed by atoms with Crippen LogP contribution in [0, 0.1) is 0 Å². The number of hydrogen-bond acceptors (Lipinski definition) is 3. The van der Waals surface area contributed by atoms with Crippen molar-refractivity contribution in [3.05, 3.63) is 28.8 Å². The summed E-state index contributed by atoms with van der Waals surface area (Å²) in [5.41, 5.74) is 1.17. The maximum Gasteiger partial charge on any atom is 0.138 e. The lowest BCUT2D eigenvalue weighted by Gasteiger charge is -2.14. The summed E-state index contributed by atoms with van der Waals surface area (Å²) >= 11 is 6.23. The quantitative estimate of drug-likeness (QED) is 0.891. The fourth-order valence-corrected chi connectivity index (χ4v) is 2.10. The maximum absolute atomic E-state index is 6.23. The van der Waals surface area contributed by atoms with E-state index in [0.717, 1.165) is 25.3 Å². The lowest BCUT2D eigenvalue weighted by atomic mass is 10.2. The van der Waals surface area contributed by atoms with Gasteiger partial charge in [-0.25, -0.2) is 0 Å². The minimum absolute atomic E-state index is 0.141. The number of nitrogens with one attached hydrogen (secondary N) is 1. The molecule has 2 rings (SSSR count). The Hall–Kier alpha value is -0.770. The van der Waals surface area contributed by atoms with Crippen molar-refractivity contribution in [3.8, 4) is 5.75 Å². The third-order valence-corrected chi connectivity index (χ3v) is 3.19. The van der Waals surface area contributed by atoms with E-state index in [9.17, 15) is 0 Å². The van der Waals surface area contributed by atoms with Gasteiger partial charge in [-0.2, -0.15) is 0 Å². The Bertz CT molecular complexity index is 389. The van der Waals surface area contributed by atoms with Gasteiger partial charge in [0.05, 0.1) is 18.2 Å². The van der Waals surface area contributed by atoms with Crippen molar-refractivity contribution in [1.82, 2.24) is 5.32 Å². The zero-order valence-corrected chi connectivity index (χ0v) is 11.7. The molecule has 0 aromatic heterocycles. The predicted octanol–water partition coefficient (Wildman–Crippen LogP) is 3.01. The highest BCUT2D eigenvalue weighted by atomic mass is 35.5. The van der Waals surface area contributed by atoms with E-state index in [0.29, 0.717) is 17.7 Å². The molecule has 3 nitrogen and oxygen atoms in total. The molecule has 1 saturated heterocycles. The van der Waals surface area contributed by atoms with Gasteiger partial charge >= 0.3 is 0 Å². The van der Waals surface area contributed by atoms with Crippen molar-refractivity contribution in [3.63, 3.8) is 0 Å². The van der Waals surface area contributed by atoms with E-state index >= 15 is 0 Å². The molecule has 1 N–H and O–H groups in total. The van der Waals surface area contributed by atoms with Crippen molar-refractivity contribution in [1.29, 1.82) is 0 Å². The van der Waals surface area contributed by atoms with Gasteiger partial charge in [0.2, 0.25) is 0 Å². The Morgan fingerprint density at radius 3 is 2.94 bits per heavy atom. The molecule has 1 fully saturated rings. The minimum atomic E-state index is 0.141. The van der Waals surface area contributed by atoms with Crippen LogP contribution in [-0.4, -0.2) is 25.4 Å². The first-order chi connectivity index (χ1) is 8.65. The van der Waals surface area contributed by atoms with Crippen LogP contribution in [0.3, 0.4) is 0 Å². The molecule has 1 aromatic rings. The summed E-state index contributed by atoms with van der Waals surface area (Å²) in [6.45, 7) is 6.51. The van der Waals surface area contributed by atoms with Gasteiger partial charge in [0.15, 0.2) is 0 Å². The zero-order chi connectivity index (χ0) is 13.0. The molecule has 0 amide bonds. The van der Waals surface area contributed by atoms with Gasteiger partial charge in [-0.1, -0.05) is 31.5 Å². The van der Waals surface area contributed by atoms with Crippen LogP contribution in [0.15, 0.2) is 18.2 Å². The molecule has 0 radical (unpaired) electrons. The number of benzene rings is 1. The SMILES string of the molecule is CC(C)NCc1ccc(OC2CCOC2)c(Cl)c1. The summed E-state index contributed by atoms with van der Waals surface area (Å²) < 4.78 is 11.1. The fraction of sp³-hybridized carbons (Fsp3) is 0.571. The van der Waals surface area contributed by atoms with E-state index < -0.39 is 0 Å². The molecule has 0 aliphatic carbocycles. The lowest BCUT2D eigenvalue weighted by Crippen LogP contribution is -2.21. The molecule has 0 saturated carbocycles. The summed E-state index contributed by atoms with van der Waals surface area (Å²) in [7, 11) is 0. The Labute approximate surface area is 113 Å². The first-order valence-corrected chi connectivity index (χ1v) is 6.79. The van der Waals surface area contributed by atoms with E-state index in [1.54, 1.807) is 0 Å². The van der Waals surface area contributed by atoms with Crippen molar-refractivity contribution in [2.45, 2.75) is 39.0 Å². The lowest BCUT2D eigenvalue weighted by molar-refractivity contribution is 0.141. The third kappa shape index (κ3) is 3.87. The van der Waals surface area contributed by atoms with Crippen LogP contribution in [0.5, 0.6) is 5.75 Å². The third-order valence-electron chi connectivity index (χ3n) is 2.89. The van der Waals surface area contributed by atoms with Gasteiger partial charge in [-0.05, 0) is 17.7 Å². The van der Waals surface area contributed by atoms with Gasteiger partial charge in [0, 0.05) is 19.0 Å². The predicted molar refractivity (Wildman–Crippen MR) is 73.3 cm³/mol. The van der Waals surface area contributed by atoms with E-state index in [2.05, 4.69) is 19.2 Å². The van der Waals surface area contributed by atoms with Crippen LogP contribution in [0.1, 0.15) is 25.8 Å². The Kier molecular flexibility index (Phi) is 4.87. The summed E-state index contributed by atoms with van der Waals surface area (Å²) in [6.07, 6.45) is 1.08. The van der Waals surface area contributed by atoms with E-state index in [1.807, 2.05) is 18.2 Å². The Balaban J connectivity index is 1.95. The standard InChI is InChI=1S/C14H20ClNO2/c1-10(2)16-8-11-3-4-14(13(15)7-11)18-12-5-6-17-9-12/h3-4,7,10,12,16H,5-6,8-9H2,1-2H3. The van der Waals surface area contributed by atoms with Gasteiger partial charge in [0.25, 0.3) is 0 Å². The van der Waals surface area contributed by atoms with Crippen LogP contribution in [0.25, 0.3) is 0 Å². The number of ether oxygens (including phenoxy) is 2. The Morgan fingerprint density at radius 2 is 2.33 bits per heavy atom. The maximum atomic E-state index is 6.23. The summed E-state index contributed by atoms with van der Waals surface area (Å²) in [6, 6.07) is 6.42. The molecular formula is C14H20ClNO2. The average molecular weight is 270 g/mol. The summed E-state index contributed by atoms with van der Waals surface area (Å²) in [4.78, 5) is 0. The van der Waals surface area contributed by atoms with Crippen LogP contribution < -0.4 is 10.1 Å². The smallest absolute Gasteiger partial charge is 0.138 e. The summed E-state index contributed by atoms with van der Waals surface area (Å²) in [5.74, 6) is 0.750. The molecule has 1 aliphatic rings. The molecule has 1 heterocycles. The van der Waals surface area contributed by atoms with Gasteiger partial charge in [0.1, 0.15) is 11.9 Å². The van der Waals surface area contributed by atoms with E-state index in [4.69, 9.17) is 21.1 Å². The second-order valence-electron chi connectivity index (χ2n) is 4.90. The largest absolute Gasteiger partial charge is 0.486 e. The molecule has 1 aromatic carbocycles. The molecule has 100 valence electrons. The van der Waals surface area contributed by atoms with Gasteiger partial charge in [-0.15, -0.1) is 0 Å². The highest BCUT2D eigenvalue weighted by Gasteiger charge is 2.18. The molecule has 1 unspecified atom stereocenters. The first kappa shape index (κ1) is 13.7. The normalized spacial score (nSPS) is 19.4. The van der Waals surface area contributed by atoms with Gasteiger partial charge < -0.3 is 14.8 Å². The second kappa shape index (κ2) is 6.41. The topological polar surface area (TPSA) is 30.5 Å². The molecule has 0 spiro atoms. The minimum Gasteiger partial charge on any atom is -0.486 e. The van der Waals surface area contributed by atoms with E-state index in [-0.39, 0.29) is 6.10 Å². The molecule has 1 aliphatic heterocycles. The molecular weight excluding hydrogens is 250 g/mol. The monoisotopic (exact) mass is 269 g/mol. The number of halogens is 1. The number of rotatable bonds is 5. The molecule has 4 heteroatoms. The van der Waals surface area contributed by atoms with Crippen molar-refractivity contribution in [2.24, 2.45) is 0 Å². The van der Waals surface area contributed by atoms with Crippen molar-refractivity contribution >= 4 is 11.6 Å². The Morgan fingerprint density at radius 1 is 1.50 bits per heavy atom. The van der Waals surface area contributed by atoms with Crippen LogP contribution >= 0.6 is 11.6 Å². The molecule has 18 heavy (non-hydrogen) atoms. The zero-order valence-electron chi connectivity index (χ0n) is 10.9. The second-order valence-corrected chi connectivity index (χ2v) is 5.31. The average Bonchev–Trinajstić information content (AvgIpc) is 2.82. The highest BCUT2D eigenvalue weighted by Crippen LogP contribution is 2.27. The van der Waals surface area contributed by atoms with E-state index in [1.165, 1.54) is 5.56 Å². The van der Waals surface area contributed by atoms with Crippen LogP contribution in [-0.2, 0) is 11.3 Å². The first-order valence-electron chi connectivity index (χ1n) is 6.41.